The molecule has 20 heavy (non-hydrogen) atoms. The zero-order valence-electron chi connectivity index (χ0n) is 10.7. The van der Waals surface area contributed by atoms with Crippen molar-refractivity contribution in [1.29, 1.82) is 0 Å². The average Bonchev–Trinajstić information content (AvgIpc) is 2.49. The summed E-state index contributed by atoms with van der Waals surface area (Å²) in [4.78, 5) is 16.4. The molecule has 0 aliphatic rings. The number of Topliss-reactive ketones (excluding diaryl/α,β-unsaturated/α-hetero) is 1. The van der Waals surface area contributed by atoms with E-state index in [9.17, 15) is 9.18 Å². The predicted octanol–water partition coefficient (Wildman–Crippen LogP) is 3.80. The Balaban J connectivity index is 1.91. The van der Waals surface area contributed by atoms with Gasteiger partial charge < -0.3 is 0 Å². The zero-order chi connectivity index (χ0) is 13.9. The molecule has 98 valence electrons. The highest BCUT2D eigenvalue weighted by Gasteiger charge is 2.10. The van der Waals surface area contributed by atoms with Crippen LogP contribution in [0.1, 0.15) is 15.9 Å². The van der Waals surface area contributed by atoms with Gasteiger partial charge in [0.2, 0.25) is 0 Å². The third-order valence-electron chi connectivity index (χ3n) is 3.24. The number of benzene rings is 2. The van der Waals surface area contributed by atoms with Gasteiger partial charge in [0.25, 0.3) is 0 Å². The lowest BCUT2D eigenvalue weighted by Gasteiger charge is -2.04. The number of hydrogen-bond donors (Lipinski definition) is 0. The van der Waals surface area contributed by atoms with Gasteiger partial charge in [-0.05, 0) is 23.8 Å². The number of pyridine rings is 1. The normalized spacial score (nSPS) is 10.7. The highest BCUT2D eigenvalue weighted by atomic mass is 19.1. The number of halogens is 1. The van der Waals surface area contributed by atoms with Crippen LogP contribution in [0, 0.1) is 5.82 Å². The molecule has 0 fully saturated rings. The summed E-state index contributed by atoms with van der Waals surface area (Å²) in [5.41, 5.74) is 1.74. The summed E-state index contributed by atoms with van der Waals surface area (Å²) in [5.74, 6) is -0.456. The van der Waals surface area contributed by atoms with E-state index in [0.29, 0.717) is 11.1 Å². The molecule has 3 aromatic rings. The highest BCUT2D eigenvalue weighted by Crippen LogP contribution is 2.16. The molecule has 3 heteroatoms. The van der Waals surface area contributed by atoms with E-state index >= 15 is 0 Å². The Morgan fingerprint density at radius 3 is 2.75 bits per heavy atom. The average molecular weight is 265 g/mol. The van der Waals surface area contributed by atoms with Crippen LogP contribution in [0.3, 0.4) is 0 Å². The molecule has 0 saturated heterocycles. The summed E-state index contributed by atoms with van der Waals surface area (Å²) in [6.45, 7) is 0. The van der Waals surface area contributed by atoms with Crippen LogP contribution in [0.4, 0.5) is 4.39 Å². The van der Waals surface area contributed by atoms with Gasteiger partial charge in [-0.3, -0.25) is 9.78 Å². The van der Waals surface area contributed by atoms with Gasteiger partial charge >= 0.3 is 0 Å². The maximum absolute atomic E-state index is 13.6. The molecule has 0 radical (unpaired) electrons. The molecule has 2 nitrogen and oxygen atoms in total. The fourth-order valence-corrected chi connectivity index (χ4v) is 2.16. The van der Waals surface area contributed by atoms with E-state index in [-0.39, 0.29) is 18.0 Å². The molecule has 0 saturated carbocycles. The molecule has 0 aliphatic carbocycles. The number of aromatic nitrogens is 1. The van der Waals surface area contributed by atoms with Crippen molar-refractivity contribution in [3.8, 4) is 0 Å². The minimum atomic E-state index is -0.347. The topological polar surface area (TPSA) is 30.0 Å². The maximum Gasteiger partial charge on any atom is 0.167 e. The lowest BCUT2D eigenvalue weighted by atomic mass is 10.0. The van der Waals surface area contributed by atoms with Crippen molar-refractivity contribution in [1.82, 2.24) is 4.98 Å². The number of carbonyl (C=O) groups excluding carboxylic acids is 1. The smallest absolute Gasteiger partial charge is 0.167 e. The number of fused-ring (bicyclic) bond motifs is 1. The molecule has 3 rings (SSSR count). The fraction of sp³-hybridized carbons (Fsp3) is 0.0588. The molecule has 0 unspecified atom stereocenters. The summed E-state index contributed by atoms with van der Waals surface area (Å²) in [6.07, 6.45) is 1.75. The van der Waals surface area contributed by atoms with Crippen LogP contribution in [0.2, 0.25) is 0 Å². The van der Waals surface area contributed by atoms with Gasteiger partial charge in [-0.2, -0.15) is 0 Å². The summed E-state index contributed by atoms with van der Waals surface area (Å²) >= 11 is 0. The molecule has 0 spiro atoms. The Morgan fingerprint density at radius 2 is 1.90 bits per heavy atom. The first kappa shape index (κ1) is 12.5. The molecule has 0 aliphatic heterocycles. The second kappa shape index (κ2) is 5.21. The highest BCUT2D eigenvalue weighted by molar-refractivity contribution is 6.00. The van der Waals surface area contributed by atoms with Crippen molar-refractivity contribution in [2.75, 3.05) is 0 Å². The third kappa shape index (κ3) is 2.43. The van der Waals surface area contributed by atoms with Crippen LogP contribution >= 0.6 is 0 Å². The molecule has 1 heterocycles. The van der Waals surface area contributed by atoms with Gasteiger partial charge in [0.15, 0.2) is 5.78 Å². The number of hydrogen-bond acceptors (Lipinski definition) is 2. The van der Waals surface area contributed by atoms with Gasteiger partial charge in [0.1, 0.15) is 5.82 Å². The SMILES string of the molecule is O=C(Cc1ccccc1F)c1ccc2cccnc2c1. The van der Waals surface area contributed by atoms with E-state index < -0.39 is 0 Å². The van der Waals surface area contributed by atoms with Crippen molar-refractivity contribution in [3.05, 3.63) is 77.7 Å². The number of ketones is 1. The lowest BCUT2D eigenvalue weighted by Crippen LogP contribution is -2.05. The van der Waals surface area contributed by atoms with Crippen molar-refractivity contribution in [3.63, 3.8) is 0 Å². The zero-order valence-corrected chi connectivity index (χ0v) is 10.7. The lowest BCUT2D eigenvalue weighted by molar-refractivity contribution is 0.0992. The van der Waals surface area contributed by atoms with Crippen LogP contribution < -0.4 is 0 Å². The molecule has 0 bridgehead atoms. The number of nitrogens with zero attached hydrogens (tertiary/aromatic N) is 1. The van der Waals surface area contributed by atoms with E-state index in [1.54, 1.807) is 36.5 Å². The van der Waals surface area contributed by atoms with Gasteiger partial charge in [0.05, 0.1) is 5.52 Å². The van der Waals surface area contributed by atoms with Crippen molar-refractivity contribution < 1.29 is 9.18 Å². The molecular formula is C17H12FNO. The third-order valence-corrected chi connectivity index (χ3v) is 3.24. The van der Waals surface area contributed by atoms with Gasteiger partial charge in [-0.1, -0.05) is 36.4 Å². The van der Waals surface area contributed by atoms with Crippen molar-refractivity contribution in [2.24, 2.45) is 0 Å². The van der Waals surface area contributed by atoms with E-state index in [0.717, 1.165) is 10.9 Å². The molecule has 2 aromatic carbocycles. The van der Waals surface area contributed by atoms with E-state index in [4.69, 9.17) is 0 Å². The number of carbonyl (C=O) groups is 1. The second-order valence-corrected chi connectivity index (χ2v) is 4.60. The quantitative estimate of drug-likeness (QED) is 0.674. The first-order valence-corrected chi connectivity index (χ1v) is 6.35. The van der Waals surface area contributed by atoms with Crippen LogP contribution in [0.5, 0.6) is 0 Å². The minimum absolute atomic E-state index is 0.0605. The first-order valence-electron chi connectivity index (χ1n) is 6.35. The molecule has 0 amide bonds. The standard InChI is InChI=1S/C17H12FNO/c18-15-6-2-1-4-13(15)11-17(20)14-8-7-12-5-3-9-19-16(12)10-14/h1-10H,11H2. The molecule has 0 N–H and O–H groups in total. The van der Waals surface area contributed by atoms with Gasteiger partial charge in [0, 0.05) is 23.6 Å². The Morgan fingerprint density at radius 1 is 1.05 bits per heavy atom. The van der Waals surface area contributed by atoms with Gasteiger partial charge in [-0.25, -0.2) is 4.39 Å². The number of rotatable bonds is 3. The molecular weight excluding hydrogens is 253 g/mol. The Hall–Kier alpha value is -2.55. The second-order valence-electron chi connectivity index (χ2n) is 4.60. The summed E-state index contributed by atoms with van der Waals surface area (Å²) < 4.78 is 13.6. The molecule has 0 atom stereocenters. The Labute approximate surface area is 115 Å². The van der Waals surface area contributed by atoms with Crippen LogP contribution in [0.25, 0.3) is 10.9 Å². The van der Waals surface area contributed by atoms with Gasteiger partial charge in [-0.15, -0.1) is 0 Å². The monoisotopic (exact) mass is 265 g/mol. The predicted molar refractivity (Wildman–Crippen MR) is 76.2 cm³/mol. The summed E-state index contributed by atoms with van der Waals surface area (Å²) in [6, 6.07) is 15.5. The van der Waals surface area contributed by atoms with Crippen LogP contribution in [-0.2, 0) is 6.42 Å². The van der Waals surface area contributed by atoms with E-state index in [1.165, 1.54) is 6.07 Å². The maximum atomic E-state index is 13.6. The first-order chi connectivity index (χ1) is 9.74. The Bertz CT molecular complexity index is 783. The minimum Gasteiger partial charge on any atom is -0.294 e. The summed E-state index contributed by atoms with van der Waals surface area (Å²) in [7, 11) is 0. The van der Waals surface area contributed by atoms with Crippen LogP contribution in [0.15, 0.2) is 60.8 Å². The molecule has 1 aromatic heterocycles. The van der Waals surface area contributed by atoms with Crippen LogP contribution in [-0.4, -0.2) is 10.8 Å². The summed E-state index contributed by atoms with van der Waals surface area (Å²) in [5, 5.41) is 0.981. The van der Waals surface area contributed by atoms with Crippen molar-refractivity contribution >= 4 is 16.7 Å². The largest absolute Gasteiger partial charge is 0.294 e. The Kier molecular flexibility index (Phi) is 3.25. The fourth-order valence-electron chi connectivity index (χ4n) is 2.16. The van der Waals surface area contributed by atoms with E-state index in [2.05, 4.69) is 4.98 Å². The van der Waals surface area contributed by atoms with Crippen molar-refractivity contribution in [2.45, 2.75) is 6.42 Å². The van der Waals surface area contributed by atoms with E-state index in [1.807, 2.05) is 18.2 Å².